The van der Waals surface area contributed by atoms with Gasteiger partial charge in [0.25, 0.3) is 5.91 Å². The molecule has 0 bridgehead atoms. The Kier molecular flexibility index (Phi) is 11.6. The van der Waals surface area contributed by atoms with Crippen molar-refractivity contribution in [2.45, 2.75) is 45.1 Å². The molecular formula is C30H36ClN3O2. The van der Waals surface area contributed by atoms with Crippen LogP contribution in [0.15, 0.2) is 72.8 Å². The normalized spacial score (nSPS) is 12.2. The molecule has 190 valence electrons. The van der Waals surface area contributed by atoms with Crippen molar-refractivity contribution in [3.63, 3.8) is 0 Å². The summed E-state index contributed by atoms with van der Waals surface area (Å²) >= 11 is 6.07. The summed E-state index contributed by atoms with van der Waals surface area (Å²) in [6.45, 7) is 5.50. The predicted molar refractivity (Wildman–Crippen MR) is 148 cm³/mol. The topological polar surface area (TPSA) is 76.4 Å². The van der Waals surface area contributed by atoms with Gasteiger partial charge in [-0.05, 0) is 68.4 Å². The summed E-state index contributed by atoms with van der Waals surface area (Å²) in [5.41, 5.74) is 1.46. The lowest BCUT2D eigenvalue weighted by Gasteiger charge is -2.28. The molecule has 1 unspecified atom stereocenters. The zero-order valence-corrected chi connectivity index (χ0v) is 22.3. The number of nitrogens with zero attached hydrogens (tertiary/aromatic N) is 2. The van der Waals surface area contributed by atoms with Gasteiger partial charge in [0.1, 0.15) is 6.07 Å². The molecule has 3 aromatic carbocycles. The Labute approximate surface area is 220 Å². The molecule has 0 saturated carbocycles. The molecule has 3 aromatic rings. The fourth-order valence-corrected chi connectivity index (χ4v) is 3.90. The highest BCUT2D eigenvalue weighted by Gasteiger charge is 2.38. The van der Waals surface area contributed by atoms with Crippen LogP contribution < -0.4 is 5.32 Å². The van der Waals surface area contributed by atoms with Gasteiger partial charge in [0.2, 0.25) is 0 Å². The van der Waals surface area contributed by atoms with Crippen LogP contribution >= 0.6 is 11.6 Å². The maximum atomic E-state index is 13.2. The standard InChI is InChI=1S/C24H21ClN2O2.C6H15N/c1-2-17-7-6-8-18(13-17)15-24(29,20-9-4-3-5-10-20)23(28)27-21-12-11-19(16-26)22(25)14-21;1-4-5-6-7(2)3/h3-14,29H,2,15H2,1H3,(H,27,28);4-6H2,1-3H3. The van der Waals surface area contributed by atoms with E-state index in [1.54, 1.807) is 30.3 Å². The molecule has 1 amide bonds. The van der Waals surface area contributed by atoms with Crippen molar-refractivity contribution in [2.24, 2.45) is 0 Å². The highest BCUT2D eigenvalue weighted by Crippen LogP contribution is 2.29. The third-order valence-electron chi connectivity index (χ3n) is 5.79. The number of amides is 1. The van der Waals surface area contributed by atoms with Crippen LogP contribution in [0.2, 0.25) is 5.02 Å². The molecule has 6 heteroatoms. The molecule has 0 aliphatic rings. The minimum Gasteiger partial charge on any atom is -0.375 e. The van der Waals surface area contributed by atoms with E-state index in [9.17, 15) is 9.90 Å². The van der Waals surface area contributed by atoms with Gasteiger partial charge >= 0.3 is 0 Å². The fraction of sp³-hybridized carbons (Fsp3) is 0.333. The van der Waals surface area contributed by atoms with E-state index in [0.29, 0.717) is 16.8 Å². The predicted octanol–water partition coefficient (Wildman–Crippen LogP) is 6.19. The van der Waals surface area contributed by atoms with E-state index in [2.05, 4.69) is 38.2 Å². The monoisotopic (exact) mass is 505 g/mol. The number of hydrogen-bond donors (Lipinski definition) is 2. The van der Waals surface area contributed by atoms with Gasteiger partial charge in [0, 0.05) is 12.1 Å². The molecule has 3 rings (SSSR count). The Morgan fingerprint density at radius 1 is 1.03 bits per heavy atom. The first kappa shape index (κ1) is 29.1. The van der Waals surface area contributed by atoms with Gasteiger partial charge in [-0.25, -0.2) is 0 Å². The maximum Gasteiger partial charge on any atom is 0.261 e. The molecule has 2 N–H and O–H groups in total. The van der Waals surface area contributed by atoms with Crippen LogP contribution in [-0.2, 0) is 23.2 Å². The number of nitriles is 1. The van der Waals surface area contributed by atoms with Crippen LogP contribution in [0.5, 0.6) is 0 Å². The average molecular weight is 506 g/mol. The molecule has 0 heterocycles. The van der Waals surface area contributed by atoms with Gasteiger partial charge in [-0.1, -0.05) is 86.5 Å². The van der Waals surface area contributed by atoms with Crippen molar-refractivity contribution in [2.75, 3.05) is 26.0 Å². The molecule has 0 radical (unpaired) electrons. The van der Waals surface area contributed by atoms with Crippen LogP contribution in [0.4, 0.5) is 5.69 Å². The van der Waals surface area contributed by atoms with Crippen LogP contribution in [0.1, 0.15) is 48.9 Å². The Balaban J connectivity index is 0.000000572. The molecule has 0 aromatic heterocycles. The molecule has 0 aliphatic heterocycles. The van der Waals surface area contributed by atoms with Crippen molar-refractivity contribution in [3.8, 4) is 6.07 Å². The van der Waals surface area contributed by atoms with Gasteiger partial charge in [0.05, 0.1) is 10.6 Å². The number of halogens is 1. The van der Waals surface area contributed by atoms with E-state index < -0.39 is 11.5 Å². The molecule has 0 aliphatic carbocycles. The summed E-state index contributed by atoms with van der Waals surface area (Å²) in [6.07, 6.45) is 3.62. The Morgan fingerprint density at radius 2 is 1.72 bits per heavy atom. The first-order valence-electron chi connectivity index (χ1n) is 12.2. The van der Waals surface area contributed by atoms with E-state index in [1.165, 1.54) is 31.5 Å². The van der Waals surface area contributed by atoms with Gasteiger partial charge in [-0.2, -0.15) is 5.26 Å². The number of nitrogens with one attached hydrogen (secondary N) is 1. The average Bonchev–Trinajstić information content (AvgIpc) is 2.88. The van der Waals surface area contributed by atoms with Gasteiger partial charge < -0.3 is 15.3 Å². The zero-order chi connectivity index (χ0) is 26.6. The quantitative estimate of drug-likeness (QED) is 0.363. The second-order valence-corrected chi connectivity index (χ2v) is 9.40. The zero-order valence-electron chi connectivity index (χ0n) is 21.6. The first-order valence-corrected chi connectivity index (χ1v) is 12.6. The molecular weight excluding hydrogens is 470 g/mol. The number of aliphatic hydroxyl groups is 1. The number of anilines is 1. The van der Waals surface area contributed by atoms with Crippen molar-refractivity contribution in [1.29, 1.82) is 5.26 Å². The molecule has 0 saturated heterocycles. The minimum absolute atomic E-state index is 0.126. The highest BCUT2D eigenvalue weighted by atomic mass is 35.5. The molecule has 5 nitrogen and oxygen atoms in total. The second-order valence-electron chi connectivity index (χ2n) is 8.99. The SMILES string of the molecule is CCCCN(C)C.CCc1cccc(CC(O)(C(=O)Nc2ccc(C#N)c(Cl)c2)c2ccccc2)c1. The largest absolute Gasteiger partial charge is 0.375 e. The second kappa shape index (κ2) is 14.4. The Morgan fingerprint density at radius 3 is 2.28 bits per heavy atom. The number of aryl methyl sites for hydroxylation is 1. The maximum absolute atomic E-state index is 13.2. The van der Waals surface area contributed by atoms with Crippen molar-refractivity contribution in [3.05, 3.63) is 100 Å². The van der Waals surface area contributed by atoms with E-state index >= 15 is 0 Å². The van der Waals surface area contributed by atoms with E-state index in [-0.39, 0.29) is 11.4 Å². The number of rotatable bonds is 9. The minimum atomic E-state index is -1.77. The van der Waals surface area contributed by atoms with Crippen molar-refractivity contribution >= 4 is 23.2 Å². The van der Waals surface area contributed by atoms with Crippen LogP contribution in [-0.4, -0.2) is 36.6 Å². The number of carbonyl (C=O) groups excluding carboxylic acids is 1. The fourth-order valence-electron chi connectivity index (χ4n) is 3.67. The van der Waals surface area contributed by atoms with Crippen molar-refractivity contribution < 1.29 is 9.90 Å². The summed E-state index contributed by atoms with van der Waals surface area (Å²) < 4.78 is 0. The summed E-state index contributed by atoms with van der Waals surface area (Å²) in [5.74, 6) is -0.564. The van der Waals surface area contributed by atoms with Gasteiger partial charge in [0.15, 0.2) is 5.60 Å². The molecule has 0 fully saturated rings. The number of unbranched alkanes of at least 4 members (excludes halogenated alkanes) is 1. The van der Waals surface area contributed by atoms with Crippen LogP contribution in [0.25, 0.3) is 0 Å². The lowest BCUT2D eigenvalue weighted by Crippen LogP contribution is -2.42. The number of hydrogen-bond acceptors (Lipinski definition) is 4. The van der Waals surface area contributed by atoms with Crippen LogP contribution in [0.3, 0.4) is 0 Å². The molecule has 36 heavy (non-hydrogen) atoms. The lowest BCUT2D eigenvalue weighted by molar-refractivity contribution is -0.135. The molecule has 1 atom stereocenters. The van der Waals surface area contributed by atoms with E-state index in [0.717, 1.165) is 17.5 Å². The Hall–Kier alpha value is -3.17. The first-order chi connectivity index (χ1) is 17.2. The summed E-state index contributed by atoms with van der Waals surface area (Å²) in [4.78, 5) is 15.4. The summed E-state index contributed by atoms with van der Waals surface area (Å²) in [7, 11) is 4.21. The smallest absolute Gasteiger partial charge is 0.261 e. The highest BCUT2D eigenvalue weighted by molar-refractivity contribution is 6.32. The van der Waals surface area contributed by atoms with E-state index in [1.807, 2.05) is 36.4 Å². The van der Waals surface area contributed by atoms with Gasteiger partial charge in [-0.15, -0.1) is 0 Å². The van der Waals surface area contributed by atoms with E-state index in [4.69, 9.17) is 16.9 Å². The van der Waals surface area contributed by atoms with Crippen molar-refractivity contribution in [1.82, 2.24) is 4.90 Å². The summed E-state index contributed by atoms with van der Waals surface area (Å²) in [6, 6.07) is 23.3. The lowest BCUT2D eigenvalue weighted by atomic mass is 9.85. The van der Waals surface area contributed by atoms with Gasteiger partial charge in [-0.3, -0.25) is 4.79 Å². The third-order valence-corrected chi connectivity index (χ3v) is 6.11. The summed E-state index contributed by atoms with van der Waals surface area (Å²) in [5, 5.41) is 23.5. The van der Waals surface area contributed by atoms with Crippen LogP contribution in [0, 0.1) is 11.3 Å². The number of carbonyl (C=O) groups is 1. The molecule has 0 spiro atoms. The number of benzene rings is 3. The third kappa shape index (κ3) is 8.49. The Bertz CT molecular complexity index is 1160.